The number of hydrogen-bond acceptors (Lipinski definition) is 3. The van der Waals surface area contributed by atoms with E-state index in [9.17, 15) is 0 Å². The summed E-state index contributed by atoms with van der Waals surface area (Å²) >= 11 is 3.49. The van der Waals surface area contributed by atoms with Crippen LogP contribution in [0.1, 0.15) is 17.0 Å². The molecule has 0 radical (unpaired) electrons. The highest BCUT2D eigenvalue weighted by molar-refractivity contribution is 9.10. The van der Waals surface area contributed by atoms with Crippen LogP contribution in [-0.2, 0) is 6.42 Å². The van der Waals surface area contributed by atoms with Gasteiger partial charge in [-0.1, -0.05) is 24.3 Å². The minimum Gasteiger partial charge on any atom is -0.247 e. The smallest absolute Gasteiger partial charge is 0.179 e. The highest BCUT2D eigenvalue weighted by Crippen LogP contribution is 2.34. The Morgan fingerprint density at radius 1 is 1.11 bits per heavy atom. The SMILES string of the molecule is Cc1nc2nc3c(nc2cc1Br)Cc1ccccc1-3. The molecule has 2 aromatic heterocycles. The molecule has 0 aliphatic heterocycles. The van der Waals surface area contributed by atoms with E-state index in [0.717, 1.165) is 39.1 Å². The second-order valence-electron chi connectivity index (χ2n) is 4.75. The Balaban J connectivity index is 2.04. The van der Waals surface area contributed by atoms with E-state index in [4.69, 9.17) is 9.97 Å². The third-order valence-electron chi connectivity index (χ3n) is 3.49. The van der Waals surface area contributed by atoms with Crippen LogP contribution in [-0.4, -0.2) is 15.0 Å². The lowest BCUT2D eigenvalue weighted by Gasteiger charge is -2.04. The molecular formula is C15H10BrN3. The predicted octanol–water partition coefficient (Wildman–Crippen LogP) is 3.67. The van der Waals surface area contributed by atoms with Gasteiger partial charge in [0, 0.05) is 16.5 Å². The van der Waals surface area contributed by atoms with E-state index >= 15 is 0 Å². The molecule has 4 rings (SSSR count). The van der Waals surface area contributed by atoms with Crippen molar-refractivity contribution >= 4 is 27.1 Å². The zero-order chi connectivity index (χ0) is 13.0. The topological polar surface area (TPSA) is 38.7 Å². The quantitative estimate of drug-likeness (QED) is 0.497. The van der Waals surface area contributed by atoms with Gasteiger partial charge in [0.05, 0.1) is 17.1 Å². The first-order valence-electron chi connectivity index (χ1n) is 6.14. The van der Waals surface area contributed by atoms with E-state index in [2.05, 4.69) is 39.1 Å². The maximum absolute atomic E-state index is 4.72. The summed E-state index contributed by atoms with van der Waals surface area (Å²) in [5, 5.41) is 0. The maximum atomic E-state index is 4.72. The first-order valence-corrected chi connectivity index (χ1v) is 6.94. The molecule has 3 aromatic rings. The summed E-state index contributed by atoms with van der Waals surface area (Å²) in [6.07, 6.45) is 0.861. The third kappa shape index (κ3) is 1.60. The van der Waals surface area contributed by atoms with Crippen molar-refractivity contribution in [2.24, 2.45) is 0 Å². The summed E-state index contributed by atoms with van der Waals surface area (Å²) in [4.78, 5) is 13.9. The Morgan fingerprint density at radius 2 is 1.95 bits per heavy atom. The summed E-state index contributed by atoms with van der Waals surface area (Å²) in [7, 11) is 0. The van der Waals surface area contributed by atoms with Gasteiger partial charge < -0.3 is 0 Å². The zero-order valence-electron chi connectivity index (χ0n) is 10.3. The van der Waals surface area contributed by atoms with Gasteiger partial charge in [-0.15, -0.1) is 0 Å². The van der Waals surface area contributed by atoms with Crippen LogP contribution in [0.25, 0.3) is 22.4 Å². The molecule has 4 heteroatoms. The van der Waals surface area contributed by atoms with Crippen molar-refractivity contribution in [3.8, 4) is 11.3 Å². The monoisotopic (exact) mass is 311 g/mol. The van der Waals surface area contributed by atoms with Crippen LogP contribution in [0.2, 0.25) is 0 Å². The van der Waals surface area contributed by atoms with Gasteiger partial charge in [-0.3, -0.25) is 0 Å². The minimum absolute atomic E-state index is 0.719. The summed E-state index contributed by atoms with van der Waals surface area (Å²) in [5.74, 6) is 0. The number of aromatic nitrogens is 3. The lowest BCUT2D eigenvalue weighted by Crippen LogP contribution is -1.96. The highest BCUT2D eigenvalue weighted by atomic mass is 79.9. The molecule has 0 saturated heterocycles. The van der Waals surface area contributed by atoms with Crippen LogP contribution in [0.3, 0.4) is 0 Å². The van der Waals surface area contributed by atoms with E-state index in [1.54, 1.807) is 0 Å². The zero-order valence-corrected chi connectivity index (χ0v) is 11.9. The average Bonchev–Trinajstić information content (AvgIpc) is 2.75. The van der Waals surface area contributed by atoms with Gasteiger partial charge in [0.15, 0.2) is 5.65 Å². The molecule has 1 aromatic carbocycles. The molecule has 0 fully saturated rings. The molecule has 19 heavy (non-hydrogen) atoms. The Bertz CT molecular complexity index is 827. The Labute approximate surface area is 118 Å². The van der Waals surface area contributed by atoms with Gasteiger partial charge in [-0.25, -0.2) is 15.0 Å². The molecule has 92 valence electrons. The standard InChI is InChI=1S/C15H10BrN3/c1-8-11(16)7-13-15(17-8)19-14-10-5-3-2-4-9(10)6-12(14)18-13/h2-5,7H,6H2,1H3. The van der Waals surface area contributed by atoms with E-state index in [-0.39, 0.29) is 0 Å². The highest BCUT2D eigenvalue weighted by Gasteiger charge is 2.21. The van der Waals surface area contributed by atoms with Gasteiger partial charge in [0.25, 0.3) is 0 Å². The molecule has 1 aliphatic rings. The molecule has 0 atom stereocenters. The van der Waals surface area contributed by atoms with Crippen molar-refractivity contribution < 1.29 is 0 Å². The second-order valence-corrected chi connectivity index (χ2v) is 5.61. The number of rotatable bonds is 0. The Kier molecular flexibility index (Phi) is 2.23. The Morgan fingerprint density at radius 3 is 2.84 bits per heavy atom. The third-order valence-corrected chi connectivity index (χ3v) is 4.29. The number of halogens is 1. The molecule has 0 saturated carbocycles. The van der Waals surface area contributed by atoms with Crippen LogP contribution < -0.4 is 0 Å². The molecular weight excluding hydrogens is 302 g/mol. The van der Waals surface area contributed by atoms with E-state index in [1.807, 2.05) is 19.1 Å². The van der Waals surface area contributed by atoms with Gasteiger partial charge in [-0.2, -0.15) is 0 Å². The summed E-state index contributed by atoms with van der Waals surface area (Å²) in [6, 6.07) is 10.3. The minimum atomic E-state index is 0.719. The van der Waals surface area contributed by atoms with Crippen molar-refractivity contribution in [2.45, 2.75) is 13.3 Å². The van der Waals surface area contributed by atoms with E-state index < -0.39 is 0 Å². The molecule has 3 nitrogen and oxygen atoms in total. The molecule has 0 amide bonds. The lowest BCUT2D eigenvalue weighted by atomic mass is 10.1. The number of aryl methyl sites for hydroxylation is 1. The number of hydrogen-bond donors (Lipinski definition) is 0. The molecule has 2 heterocycles. The number of benzene rings is 1. The van der Waals surface area contributed by atoms with Crippen molar-refractivity contribution in [3.05, 3.63) is 51.8 Å². The molecule has 0 spiro atoms. The van der Waals surface area contributed by atoms with Crippen LogP contribution in [0.15, 0.2) is 34.8 Å². The van der Waals surface area contributed by atoms with E-state index in [0.29, 0.717) is 0 Å². The fourth-order valence-electron chi connectivity index (χ4n) is 2.52. The summed E-state index contributed by atoms with van der Waals surface area (Å²) < 4.78 is 0.977. The van der Waals surface area contributed by atoms with Crippen molar-refractivity contribution in [3.63, 3.8) is 0 Å². The lowest BCUT2D eigenvalue weighted by molar-refractivity contribution is 1.10. The number of pyridine rings is 1. The second kappa shape index (κ2) is 3.84. The van der Waals surface area contributed by atoms with Gasteiger partial charge in [0.2, 0.25) is 0 Å². The summed E-state index contributed by atoms with van der Waals surface area (Å²) in [5.41, 5.74) is 7.02. The normalized spacial score (nSPS) is 12.5. The van der Waals surface area contributed by atoms with Crippen LogP contribution in [0, 0.1) is 6.92 Å². The molecule has 0 unspecified atom stereocenters. The first kappa shape index (κ1) is 11.1. The van der Waals surface area contributed by atoms with Gasteiger partial charge in [-0.05, 0) is 34.5 Å². The fourth-order valence-corrected chi connectivity index (χ4v) is 2.82. The van der Waals surface area contributed by atoms with Gasteiger partial charge in [0.1, 0.15) is 5.52 Å². The average molecular weight is 312 g/mol. The van der Waals surface area contributed by atoms with Crippen LogP contribution >= 0.6 is 15.9 Å². The number of fused-ring (bicyclic) bond motifs is 4. The Hall–Kier alpha value is -1.81. The van der Waals surface area contributed by atoms with Gasteiger partial charge >= 0.3 is 0 Å². The predicted molar refractivity (Wildman–Crippen MR) is 78.0 cm³/mol. The maximum Gasteiger partial charge on any atom is 0.179 e. The van der Waals surface area contributed by atoms with E-state index in [1.165, 1.54) is 11.1 Å². The van der Waals surface area contributed by atoms with Crippen LogP contribution in [0.4, 0.5) is 0 Å². The summed E-state index contributed by atoms with van der Waals surface area (Å²) in [6.45, 7) is 1.96. The van der Waals surface area contributed by atoms with Crippen molar-refractivity contribution in [1.82, 2.24) is 15.0 Å². The molecule has 0 bridgehead atoms. The van der Waals surface area contributed by atoms with Crippen LogP contribution in [0.5, 0.6) is 0 Å². The van der Waals surface area contributed by atoms with Crippen molar-refractivity contribution in [1.29, 1.82) is 0 Å². The largest absolute Gasteiger partial charge is 0.247 e. The fraction of sp³-hybridized carbons (Fsp3) is 0.133. The molecule has 1 aliphatic carbocycles. The number of nitrogens with zero attached hydrogens (tertiary/aromatic N) is 3. The van der Waals surface area contributed by atoms with Crippen molar-refractivity contribution in [2.75, 3.05) is 0 Å². The first-order chi connectivity index (χ1) is 9.22. The molecule has 0 N–H and O–H groups in total.